The van der Waals surface area contributed by atoms with Crippen molar-refractivity contribution in [2.75, 3.05) is 68.1 Å². The number of benzene rings is 2. The summed E-state index contributed by atoms with van der Waals surface area (Å²) in [6.07, 6.45) is -1.00. The lowest BCUT2D eigenvalue weighted by molar-refractivity contribution is -0.116. The highest BCUT2D eigenvalue weighted by molar-refractivity contribution is 7.16. The molecule has 3 aliphatic rings. The van der Waals surface area contributed by atoms with E-state index >= 15 is 0 Å². The SMILES string of the molecule is CC(C)(c1nc(-c2nnc(NC3N=C(c4ccccc4)c4ccccc4NC3=O)o2)c(N2CCOCC2)s1)N1CCOCC1. The molecule has 0 saturated carbocycles. The van der Waals surface area contributed by atoms with Crippen LogP contribution in [0.15, 0.2) is 64.0 Å². The molecular formula is C31H34N8O4S. The molecule has 12 nitrogen and oxygen atoms in total. The molecule has 3 aliphatic heterocycles. The number of aromatic nitrogens is 3. The maximum Gasteiger partial charge on any atom is 0.317 e. The Bertz CT molecular complexity index is 1660. The van der Waals surface area contributed by atoms with Crippen LogP contribution in [0.4, 0.5) is 16.7 Å². The van der Waals surface area contributed by atoms with E-state index in [1.54, 1.807) is 11.3 Å². The number of carbonyl (C=O) groups is 1. The van der Waals surface area contributed by atoms with E-state index < -0.39 is 6.17 Å². The van der Waals surface area contributed by atoms with E-state index in [0.29, 0.717) is 43.5 Å². The number of rotatable bonds is 7. The average Bonchev–Trinajstić information content (AvgIpc) is 3.70. The highest BCUT2D eigenvalue weighted by Crippen LogP contribution is 2.42. The number of carbonyl (C=O) groups excluding carboxylic acids is 1. The number of aliphatic imine (C=N–C) groups is 1. The Labute approximate surface area is 259 Å². The highest BCUT2D eigenvalue weighted by Gasteiger charge is 2.36. The number of fused-ring (bicyclic) bond motifs is 1. The van der Waals surface area contributed by atoms with Crippen molar-refractivity contribution in [3.05, 3.63) is 70.7 Å². The lowest BCUT2D eigenvalue weighted by Gasteiger charge is -2.39. The first-order valence-corrected chi connectivity index (χ1v) is 15.6. The summed E-state index contributed by atoms with van der Waals surface area (Å²) in [7, 11) is 0. The second-order valence-corrected chi connectivity index (χ2v) is 12.2. The van der Waals surface area contributed by atoms with Crippen LogP contribution < -0.4 is 15.5 Å². The quantitative estimate of drug-likeness (QED) is 0.317. The number of anilines is 3. The molecule has 5 heterocycles. The number of hydrogen-bond acceptors (Lipinski definition) is 12. The molecule has 44 heavy (non-hydrogen) atoms. The number of hydrogen-bond donors (Lipinski definition) is 2. The van der Waals surface area contributed by atoms with Gasteiger partial charge in [-0.1, -0.05) is 65.0 Å². The van der Waals surface area contributed by atoms with Crippen LogP contribution in [0.25, 0.3) is 11.6 Å². The Morgan fingerprint density at radius 2 is 1.64 bits per heavy atom. The van der Waals surface area contributed by atoms with Gasteiger partial charge < -0.3 is 29.4 Å². The van der Waals surface area contributed by atoms with E-state index in [0.717, 1.165) is 47.3 Å². The largest absolute Gasteiger partial charge is 0.402 e. The fraction of sp³-hybridized carbons (Fsp3) is 0.387. The minimum Gasteiger partial charge on any atom is -0.402 e. The number of amides is 1. The zero-order chi connectivity index (χ0) is 30.1. The zero-order valence-corrected chi connectivity index (χ0v) is 25.5. The molecular weight excluding hydrogens is 580 g/mol. The minimum absolute atomic E-state index is 0.0807. The van der Waals surface area contributed by atoms with Crippen molar-refractivity contribution in [3.8, 4) is 11.6 Å². The average molecular weight is 615 g/mol. The van der Waals surface area contributed by atoms with Crippen molar-refractivity contribution in [2.24, 2.45) is 4.99 Å². The molecule has 0 aliphatic carbocycles. The summed E-state index contributed by atoms with van der Waals surface area (Å²) in [5.41, 5.74) is 3.40. The van der Waals surface area contributed by atoms with E-state index in [2.05, 4.69) is 44.5 Å². The topological polar surface area (TPSA) is 130 Å². The second-order valence-electron chi connectivity index (χ2n) is 11.3. The molecule has 1 amide bonds. The van der Waals surface area contributed by atoms with Crippen LogP contribution >= 0.6 is 11.3 Å². The van der Waals surface area contributed by atoms with Crippen molar-refractivity contribution < 1.29 is 18.7 Å². The number of morpholine rings is 2. The van der Waals surface area contributed by atoms with Gasteiger partial charge in [-0.05, 0) is 19.9 Å². The summed E-state index contributed by atoms with van der Waals surface area (Å²) < 4.78 is 17.4. The molecule has 1 unspecified atom stereocenters. The number of ether oxygens (including phenoxy) is 2. The van der Waals surface area contributed by atoms with Gasteiger partial charge in [0.2, 0.25) is 6.17 Å². The zero-order valence-electron chi connectivity index (χ0n) is 24.7. The fourth-order valence-corrected chi connectivity index (χ4v) is 6.87. The molecule has 13 heteroatoms. The molecule has 4 aromatic rings. The van der Waals surface area contributed by atoms with Gasteiger partial charge in [0.15, 0.2) is 5.69 Å². The van der Waals surface area contributed by atoms with Crippen molar-refractivity contribution in [2.45, 2.75) is 25.6 Å². The standard InChI is InChI=1S/C31H34N8O4S/c1-31(2,39-14-18-42-19-15-39)29-34-24(28(44-29)38-12-16-41-17-13-38)27-36-37-30(43-27)35-25-26(40)32-22-11-7-6-10-21(22)23(33-25)20-8-4-3-5-9-20/h3-11,25H,12-19H2,1-2H3,(H,32,40)(H,35,37). The summed E-state index contributed by atoms with van der Waals surface area (Å²) in [6, 6.07) is 17.5. The predicted molar refractivity (Wildman–Crippen MR) is 168 cm³/mol. The van der Waals surface area contributed by atoms with Crippen LogP contribution in [-0.4, -0.2) is 90.5 Å². The predicted octanol–water partition coefficient (Wildman–Crippen LogP) is 3.82. The third-order valence-electron chi connectivity index (χ3n) is 8.11. The van der Waals surface area contributed by atoms with Crippen molar-refractivity contribution >= 4 is 39.7 Å². The molecule has 2 saturated heterocycles. The van der Waals surface area contributed by atoms with E-state index in [4.69, 9.17) is 23.9 Å². The number of nitrogens with one attached hydrogen (secondary N) is 2. The summed E-state index contributed by atoms with van der Waals surface area (Å²) in [5.74, 6) is -0.0563. The molecule has 2 aromatic carbocycles. The molecule has 228 valence electrons. The first-order chi connectivity index (χ1) is 21.5. The number of nitrogens with zero attached hydrogens (tertiary/aromatic N) is 6. The Kier molecular flexibility index (Phi) is 7.85. The van der Waals surface area contributed by atoms with E-state index in [1.165, 1.54) is 0 Å². The van der Waals surface area contributed by atoms with Gasteiger partial charge in [-0.25, -0.2) is 9.98 Å². The van der Waals surface area contributed by atoms with E-state index in [1.807, 2.05) is 54.6 Å². The second kappa shape index (κ2) is 12.1. The van der Waals surface area contributed by atoms with Crippen molar-refractivity contribution in [1.29, 1.82) is 0 Å². The van der Waals surface area contributed by atoms with Gasteiger partial charge in [-0.15, -0.1) is 5.10 Å². The third-order valence-corrected chi connectivity index (χ3v) is 9.54. The van der Waals surface area contributed by atoms with E-state index in [9.17, 15) is 4.79 Å². The first kappa shape index (κ1) is 28.6. The van der Waals surface area contributed by atoms with Gasteiger partial charge in [0, 0.05) is 37.3 Å². The molecule has 2 aromatic heterocycles. The van der Waals surface area contributed by atoms with Crippen LogP contribution in [0.3, 0.4) is 0 Å². The fourth-order valence-electron chi connectivity index (χ4n) is 5.63. The van der Waals surface area contributed by atoms with Gasteiger partial charge in [0.05, 0.1) is 43.4 Å². The summed E-state index contributed by atoms with van der Waals surface area (Å²) in [4.78, 5) is 27.9. The van der Waals surface area contributed by atoms with Crippen LogP contribution in [0.1, 0.15) is 30.0 Å². The highest BCUT2D eigenvalue weighted by atomic mass is 32.1. The normalized spacial score (nSPS) is 19.6. The smallest absolute Gasteiger partial charge is 0.317 e. The van der Waals surface area contributed by atoms with Crippen LogP contribution in [0.2, 0.25) is 0 Å². The Hall–Kier alpha value is -4.17. The van der Waals surface area contributed by atoms with Crippen LogP contribution in [0, 0.1) is 0 Å². The summed E-state index contributed by atoms with van der Waals surface area (Å²) >= 11 is 1.64. The lowest BCUT2D eigenvalue weighted by Crippen LogP contribution is -2.47. The molecule has 7 rings (SSSR count). The molecule has 0 spiro atoms. The lowest BCUT2D eigenvalue weighted by atomic mass is 10.0. The monoisotopic (exact) mass is 614 g/mol. The third kappa shape index (κ3) is 5.59. The van der Waals surface area contributed by atoms with Crippen molar-refractivity contribution in [1.82, 2.24) is 20.1 Å². The van der Waals surface area contributed by atoms with Crippen LogP contribution in [-0.2, 0) is 19.8 Å². The maximum atomic E-state index is 13.3. The van der Waals surface area contributed by atoms with E-state index in [-0.39, 0.29) is 23.4 Å². The van der Waals surface area contributed by atoms with Crippen LogP contribution in [0.5, 0.6) is 0 Å². The molecule has 0 radical (unpaired) electrons. The van der Waals surface area contributed by atoms with Gasteiger partial charge >= 0.3 is 6.01 Å². The van der Waals surface area contributed by atoms with Gasteiger partial charge in [-0.3, -0.25) is 9.69 Å². The summed E-state index contributed by atoms with van der Waals surface area (Å²) in [6.45, 7) is 10.2. The molecule has 0 bridgehead atoms. The Balaban J connectivity index is 1.21. The molecule has 2 fully saturated rings. The van der Waals surface area contributed by atoms with Gasteiger partial charge in [0.25, 0.3) is 11.8 Å². The number of thiazole rings is 1. The molecule has 1 atom stereocenters. The number of para-hydroxylation sites is 1. The maximum absolute atomic E-state index is 13.3. The Morgan fingerprint density at radius 1 is 0.932 bits per heavy atom. The molecule has 2 N–H and O–H groups in total. The Morgan fingerprint density at radius 3 is 2.41 bits per heavy atom. The van der Waals surface area contributed by atoms with Gasteiger partial charge in [0.1, 0.15) is 10.0 Å². The van der Waals surface area contributed by atoms with Crippen molar-refractivity contribution in [3.63, 3.8) is 0 Å². The minimum atomic E-state index is -1.00. The number of benzodiazepines with no additional fused rings is 1. The summed E-state index contributed by atoms with van der Waals surface area (Å²) in [5, 5.41) is 16.6. The van der Waals surface area contributed by atoms with Gasteiger partial charge in [-0.2, -0.15) is 0 Å². The first-order valence-electron chi connectivity index (χ1n) is 14.8.